The summed E-state index contributed by atoms with van der Waals surface area (Å²) in [4.78, 5) is 44.1. The van der Waals surface area contributed by atoms with E-state index in [1.165, 1.54) is 19.8 Å². The normalized spacial score (nSPS) is 19.7. The van der Waals surface area contributed by atoms with Gasteiger partial charge in [-0.15, -0.1) is 0 Å². The first-order valence-corrected chi connectivity index (χ1v) is 17.2. The molecule has 13 nitrogen and oxygen atoms in total. The van der Waals surface area contributed by atoms with E-state index in [0.717, 1.165) is 100 Å². The molecule has 0 unspecified atom stereocenters. The lowest BCUT2D eigenvalue weighted by Gasteiger charge is -2.36. The zero-order valence-electron chi connectivity index (χ0n) is 29.4. The number of amides is 2. The van der Waals surface area contributed by atoms with E-state index in [4.69, 9.17) is 27.6 Å². The Morgan fingerprint density at radius 3 is 1.55 bits per heavy atom. The van der Waals surface area contributed by atoms with Crippen molar-refractivity contribution in [3.63, 3.8) is 0 Å². The first kappa shape index (κ1) is 36.9. The van der Waals surface area contributed by atoms with E-state index in [1.54, 1.807) is 21.9 Å². The SMILES string of the molecule is C=C1CCN(C(=O)OC)CC1.[C-]#[N+]c1ccc(C2=NOC3(CCN(C(=O)OC)CC3)C2)cc1.[C-]#[N+]c1ccc(C2=NOC3(CCNCC3)C2)cc1. The lowest BCUT2D eigenvalue weighted by molar-refractivity contribution is -0.0584. The molecule has 0 aromatic heterocycles. The summed E-state index contributed by atoms with van der Waals surface area (Å²) in [6.07, 6.45) is 6.45. The third-order valence-corrected chi connectivity index (χ3v) is 9.86. The molecule has 1 N–H and O–H groups in total. The summed E-state index contributed by atoms with van der Waals surface area (Å²) in [6, 6.07) is 14.9. The van der Waals surface area contributed by atoms with Crippen molar-refractivity contribution in [2.75, 3.05) is 53.5 Å². The molecule has 0 atom stereocenters. The van der Waals surface area contributed by atoms with Gasteiger partial charge in [0.15, 0.2) is 11.4 Å². The van der Waals surface area contributed by atoms with Gasteiger partial charge in [-0.1, -0.05) is 71.0 Å². The van der Waals surface area contributed by atoms with Crippen molar-refractivity contribution in [1.82, 2.24) is 15.1 Å². The number of oxime groups is 2. The van der Waals surface area contributed by atoms with Crippen LogP contribution in [0.15, 0.2) is 71.0 Å². The number of piperidine rings is 3. The molecule has 51 heavy (non-hydrogen) atoms. The number of benzene rings is 2. The third kappa shape index (κ3) is 9.44. The Labute approximate surface area is 299 Å². The van der Waals surface area contributed by atoms with Gasteiger partial charge in [0.05, 0.1) is 38.8 Å². The standard InChI is InChI=1S/C16H17N3O3.C14H15N3O.C8H13NO2/c1-17-13-5-3-12(4-6-13)14-11-16(22-18-14)7-9-19(10-8-16)15(20)21-2;1-15-12-4-2-11(3-5-12)13-10-14(18-17-13)6-8-16-9-7-14;1-7-3-5-9(6-4-7)8(10)11-2/h3-6H,7-11H2,2H3;2-5,16H,6-10H2;1,3-6H2,2H3. The van der Waals surface area contributed by atoms with Gasteiger partial charge in [0.2, 0.25) is 0 Å². The molecule has 3 fully saturated rings. The Hall–Kier alpha value is -5.40. The zero-order valence-corrected chi connectivity index (χ0v) is 29.4. The van der Waals surface area contributed by atoms with Crippen LogP contribution in [0.2, 0.25) is 0 Å². The molecule has 0 bridgehead atoms. The first-order valence-electron chi connectivity index (χ1n) is 17.2. The van der Waals surface area contributed by atoms with Crippen LogP contribution in [0.5, 0.6) is 0 Å². The van der Waals surface area contributed by atoms with Crippen molar-refractivity contribution in [2.24, 2.45) is 10.3 Å². The lowest BCUT2D eigenvalue weighted by Crippen LogP contribution is -2.46. The van der Waals surface area contributed by atoms with Gasteiger partial charge in [0.25, 0.3) is 0 Å². The molecule has 13 heteroatoms. The van der Waals surface area contributed by atoms with Gasteiger partial charge in [-0.3, -0.25) is 0 Å². The highest BCUT2D eigenvalue weighted by Gasteiger charge is 2.43. The first-order chi connectivity index (χ1) is 24.7. The van der Waals surface area contributed by atoms with Gasteiger partial charge < -0.3 is 34.3 Å². The lowest BCUT2D eigenvalue weighted by atomic mass is 9.85. The summed E-state index contributed by atoms with van der Waals surface area (Å²) in [5, 5.41) is 11.8. The number of carbonyl (C=O) groups excluding carboxylic acids is 2. The summed E-state index contributed by atoms with van der Waals surface area (Å²) in [5.74, 6) is 0. The Kier molecular flexibility index (Phi) is 12.3. The maximum Gasteiger partial charge on any atom is 0.409 e. The highest BCUT2D eigenvalue weighted by molar-refractivity contribution is 6.02. The van der Waals surface area contributed by atoms with E-state index in [1.807, 2.05) is 36.4 Å². The second kappa shape index (κ2) is 17.0. The number of methoxy groups -OCH3 is 2. The Balaban J connectivity index is 0.000000157. The zero-order chi connectivity index (χ0) is 36.3. The van der Waals surface area contributed by atoms with Crippen molar-refractivity contribution >= 4 is 35.0 Å². The molecule has 3 saturated heterocycles. The van der Waals surface area contributed by atoms with Crippen molar-refractivity contribution in [3.05, 3.63) is 94.6 Å². The van der Waals surface area contributed by atoms with Gasteiger partial charge in [-0.25, -0.2) is 19.3 Å². The van der Waals surface area contributed by atoms with Crippen molar-refractivity contribution < 1.29 is 28.7 Å². The number of nitrogens with zero attached hydrogens (tertiary/aromatic N) is 6. The van der Waals surface area contributed by atoms with Gasteiger partial charge >= 0.3 is 12.2 Å². The molecule has 2 aromatic rings. The van der Waals surface area contributed by atoms with E-state index in [2.05, 4.69) is 36.6 Å². The van der Waals surface area contributed by atoms with Crippen molar-refractivity contribution in [3.8, 4) is 0 Å². The topological polar surface area (TPSA) is 123 Å². The number of hydrogen-bond acceptors (Lipinski definition) is 9. The van der Waals surface area contributed by atoms with Crippen molar-refractivity contribution in [1.29, 1.82) is 0 Å². The van der Waals surface area contributed by atoms with Crippen LogP contribution >= 0.6 is 0 Å². The third-order valence-electron chi connectivity index (χ3n) is 9.86. The maximum atomic E-state index is 11.5. The van der Waals surface area contributed by atoms with Crippen LogP contribution in [-0.4, -0.2) is 98.1 Å². The molecule has 0 radical (unpaired) electrons. The minimum atomic E-state index is -0.307. The predicted octanol–water partition coefficient (Wildman–Crippen LogP) is 6.85. The predicted molar refractivity (Wildman–Crippen MR) is 193 cm³/mol. The second-order valence-corrected chi connectivity index (χ2v) is 13.2. The average molecular weight is 696 g/mol. The van der Waals surface area contributed by atoms with Gasteiger partial charge in [-0.2, -0.15) is 0 Å². The highest BCUT2D eigenvalue weighted by Crippen LogP contribution is 2.37. The summed E-state index contributed by atoms with van der Waals surface area (Å²) in [6.45, 7) is 22.5. The van der Waals surface area contributed by atoms with Crippen LogP contribution in [0.25, 0.3) is 9.69 Å². The van der Waals surface area contributed by atoms with Crippen LogP contribution in [0.4, 0.5) is 21.0 Å². The summed E-state index contributed by atoms with van der Waals surface area (Å²) in [7, 11) is 2.80. The van der Waals surface area contributed by atoms with E-state index in [9.17, 15) is 9.59 Å². The molecule has 0 aliphatic carbocycles. The smallest absolute Gasteiger partial charge is 0.409 e. The molecule has 7 rings (SSSR count). The van der Waals surface area contributed by atoms with Crippen LogP contribution in [0.1, 0.15) is 62.5 Å². The molecule has 5 aliphatic rings. The largest absolute Gasteiger partial charge is 0.453 e. The van der Waals surface area contributed by atoms with E-state index >= 15 is 0 Å². The van der Waals surface area contributed by atoms with E-state index in [-0.39, 0.29) is 23.4 Å². The Morgan fingerprint density at radius 1 is 0.725 bits per heavy atom. The maximum absolute atomic E-state index is 11.5. The average Bonchev–Trinajstić information content (AvgIpc) is 3.80. The molecular formula is C38H45N7O6. The number of carbonyl (C=O) groups is 2. The van der Waals surface area contributed by atoms with Gasteiger partial charge in [-0.05, 0) is 37.1 Å². The highest BCUT2D eigenvalue weighted by atomic mass is 16.7. The summed E-state index contributed by atoms with van der Waals surface area (Å²) >= 11 is 0. The minimum absolute atomic E-state index is 0.0843. The van der Waals surface area contributed by atoms with Crippen LogP contribution < -0.4 is 5.32 Å². The van der Waals surface area contributed by atoms with Crippen LogP contribution in [0, 0.1) is 13.1 Å². The molecular weight excluding hydrogens is 650 g/mol. The molecule has 2 amide bonds. The molecule has 2 aromatic carbocycles. The summed E-state index contributed by atoms with van der Waals surface area (Å²) < 4.78 is 9.33. The van der Waals surface area contributed by atoms with Crippen LogP contribution in [-0.2, 0) is 19.1 Å². The summed E-state index contributed by atoms with van der Waals surface area (Å²) in [5.41, 5.74) is 6.08. The number of likely N-dealkylation sites (tertiary alicyclic amines) is 2. The molecule has 2 spiro atoms. The number of rotatable bonds is 2. The van der Waals surface area contributed by atoms with Crippen molar-refractivity contribution in [2.45, 2.75) is 62.6 Å². The number of hydrogen-bond donors (Lipinski definition) is 1. The molecule has 268 valence electrons. The van der Waals surface area contributed by atoms with Gasteiger partial charge in [0, 0.05) is 64.7 Å². The quantitative estimate of drug-likeness (QED) is 0.269. The van der Waals surface area contributed by atoms with E-state index in [0.29, 0.717) is 24.5 Å². The number of ether oxygens (including phenoxy) is 2. The van der Waals surface area contributed by atoms with Crippen LogP contribution in [0.3, 0.4) is 0 Å². The minimum Gasteiger partial charge on any atom is -0.453 e. The fraction of sp³-hybridized carbons (Fsp3) is 0.474. The van der Waals surface area contributed by atoms with Gasteiger partial charge in [0.1, 0.15) is 11.2 Å². The second-order valence-electron chi connectivity index (χ2n) is 13.2. The van der Waals surface area contributed by atoms with E-state index < -0.39 is 0 Å². The number of nitrogens with one attached hydrogen (secondary N) is 1. The fourth-order valence-corrected chi connectivity index (χ4v) is 6.59. The fourth-order valence-electron chi connectivity index (χ4n) is 6.59. The Morgan fingerprint density at radius 2 is 1.14 bits per heavy atom. The monoisotopic (exact) mass is 695 g/mol. The Bertz CT molecular complexity index is 1680. The molecule has 5 aliphatic heterocycles. The molecule has 5 heterocycles. The molecule has 0 saturated carbocycles.